The predicted molar refractivity (Wildman–Crippen MR) is 525 cm³/mol. The van der Waals surface area contributed by atoms with Crippen molar-refractivity contribution in [3.63, 3.8) is 0 Å². The maximum absolute atomic E-state index is 16.0. The van der Waals surface area contributed by atoms with Gasteiger partial charge in [0.05, 0.1) is 6.04 Å². The molecule has 0 saturated carbocycles. The average Bonchev–Trinajstić information content (AvgIpc) is 1.67. The zero-order valence-corrected chi connectivity index (χ0v) is 79.4. The Morgan fingerprint density at radius 1 is 0.432 bits per heavy atom. The monoisotopic (exact) mass is 1980 g/mol. The minimum absolute atomic E-state index is 0.0110. The second kappa shape index (κ2) is 60.8. The van der Waals surface area contributed by atoms with Crippen LogP contribution >= 0.6 is 21.6 Å². The molecular weight excluding hydrogens is 1840 g/mol. The molecular formula is C87H140N34O16S2. The molecule has 4 aromatic rings. The summed E-state index contributed by atoms with van der Waals surface area (Å²) in [5, 5.41) is 106. The van der Waals surface area contributed by atoms with Crippen LogP contribution in [-0.4, -0.2) is 288 Å². The maximum Gasteiger partial charge on any atom is 0.245 e. The third-order valence-corrected chi connectivity index (χ3v) is 25.1. The van der Waals surface area contributed by atoms with Crippen LogP contribution in [0.4, 0.5) is 0 Å². The summed E-state index contributed by atoms with van der Waals surface area (Å²) >= 11 is 0. The third-order valence-electron chi connectivity index (χ3n) is 22.7. The van der Waals surface area contributed by atoms with Crippen molar-refractivity contribution in [3.8, 4) is 11.5 Å². The number of nitrogens with zero attached hydrogens (tertiary/aromatic N) is 1. The molecule has 6 rings (SSSR count). The second-order valence-electron chi connectivity index (χ2n) is 33.7. The van der Waals surface area contributed by atoms with E-state index in [-0.39, 0.29) is 211 Å². The fourth-order valence-electron chi connectivity index (χ4n) is 15.2. The van der Waals surface area contributed by atoms with Gasteiger partial charge in [0.2, 0.25) is 82.7 Å². The number of aromatic hydroxyl groups is 2. The number of guanidine groups is 5. The average molecular weight is 1980 g/mol. The summed E-state index contributed by atoms with van der Waals surface area (Å²) in [6.45, 7) is 0.341. The first-order chi connectivity index (χ1) is 66.4. The molecule has 2 aliphatic heterocycles. The van der Waals surface area contributed by atoms with Crippen molar-refractivity contribution in [3.05, 3.63) is 95.7 Å². The predicted octanol–water partition coefficient (Wildman–Crippen LogP) is -7.06. The van der Waals surface area contributed by atoms with Crippen LogP contribution in [0.2, 0.25) is 0 Å². The van der Waals surface area contributed by atoms with Crippen LogP contribution in [0.5, 0.6) is 11.5 Å². The molecule has 0 spiro atoms. The lowest BCUT2D eigenvalue weighted by atomic mass is 10.0. The van der Waals surface area contributed by atoms with Crippen LogP contribution in [0.1, 0.15) is 145 Å². The highest BCUT2D eigenvalue weighted by molar-refractivity contribution is 8.76. The Kier molecular flexibility index (Phi) is 49.8. The van der Waals surface area contributed by atoms with Gasteiger partial charge in [-0.2, -0.15) is 0 Å². The number of primary amides is 1. The van der Waals surface area contributed by atoms with Crippen LogP contribution in [0.3, 0.4) is 0 Å². The lowest BCUT2D eigenvalue weighted by Gasteiger charge is -2.31. The van der Waals surface area contributed by atoms with Gasteiger partial charge in [-0.25, -0.2) is 0 Å². The number of benzene rings is 3. The van der Waals surface area contributed by atoms with Gasteiger partial charge in [-0.1, -0.05) is 64.1 Å². The van der Waals surface area contributed by atoms with Gasteiger partial charge in [0.25, 0.3) is 0 Å². The smallest absolute Gasteiger partial charge is 0.245 e. The Bertz CT molecular complexity index is 4790. The molecule has 0 aliphatic carbocycles. The Labute approximate surface area is 812 Å². The number of aromatic amines is 1. The molecule has 1 aromatic heterocycles. The number of hydrogen-bond acceptors (Lipinski definition) is 27. The number of aromatic nitrogens is 1. The van der Waals surface area contributed by atoms with E-state index in [1.807, 2.05) is 0 Å². The van der Waals surface area contributed by atoms with Crippen molar-refractivity contribution < 1.29 is 77.3 Å². The number of carbonyl (C=O) groups is 14. The van der Waals surface area contributed by atoms with E-state index in [2.05, 4.69) is 95.4 Å². The molecule has 2 saturated heterocycles. The Hall–Kier alpha value is -13.7. The summed E-state index contributed by atoms with van der Waals surface area (Å²) in [4.78, 5) is 216. The lowest BCUT2D eigenvalue weighted by Crippen LogP contribution is -2.61. The molecule has 50 nitrogen and oxygen atoms in total. The number of hydrogen-bond donors (Lipinski definition) is 35. The Morgan fingerprint density at radius 3 is 1.32 bits per heavy atom. The molecule has 45 N–H and O–H groups in total. The molecule has 14 amide bonds. The van der Waals surface area contributed by atoms with Crippen molar-refractivity contribution >= 4 is 145 Å². The molecule has 2 aliphatic rings. The van der Waals surface area contributed by atoms with Gasteiger partial charge >= 0.3 is 0 Å². The van der Waals surface area contributed by atoms with E-state index in [0.29, 0.717) is 34.0 Å². The maximum atomic E-state index is 16.0. The van der Waals surface area contributed by atoms with Crippen LogP contribution in [0.25, 0.3) is 10.9 Å². The SMILES string of the molecule is N=C(N)NCCC[C@H](NC(=O)[C@@H]1CSSC[C@H](NC(=O)[C@H](Cc2c[nH]c3ccccc23)NC(=O)[C@H](CCCNC(=N)N)NC(=O)[C@@H](N)CCCNC(=N)N)C(=O)N[C@@H](Cc2ccc(O)cc2)C(=O)N[C@@H](CCCNC(=N)N)C(=O)N[C@@H](CCCCN)C(=O)N[C@H](CCCN)C(=O)N2CCC[C@H]2C(=O)N[C@@H](Cc2ccc(O)cc2)C(=O)N[C@@H](CCCNC(=N)N)C(=O)N[C@@H](CCCCN)C(=O)N1)C(N)=O. The van der Waals surface area contributed by atoms with E-state index >= 15 is 57.5 Å². The number of H-pyrrole nitrogens is 1. The quantitative estimate of drug-likeness (QED) is 0.00846. The molecule has 3 aromatic carbocycles. The largest absolute Gasteiger partial charge is 0.508 e. The molecule has 3 heterocycles. The summed E-state index contributed by atoms with van der Waals surface area (Å²) in [6, 6.07) is -3.85. The van der Waals surface area contributed by atoms with Crippen molar-refractivity contribution in [2.75, 3.05) is 70.4 Å². The number of amides is 14. The number of carbonyl (C=O) groups excluding carboxylic acids is 14. The standard InChI is InChI=1S/C87H140N34O16S2/c88-33-5-3-17-57-73(128)115-62(19-7-35-90)82(137)121-41-13-24-68(121)81(136)118-64(43-49-27-31-52(123)32-28-49)77(132)114-61(23-12-40-107-87(101)102)72(127)112-58(18-4-6-34-89)75(130)119-66(79(134)109-56(69(92)124)20-9-37-104-84(95)96)46-138-139-47-67(80(135)116-63(42-48-25-29-51(122)30-26-48)76(131)113-60(71(126)111-57)22-11-39-106-86(99)100)120-78(133)65(44-50-45-108-55-16-2-1-14-53(50)55)117-74(129)59(21-10-38-105-85(97)98)110-70(125)54(91)15-8-36-103-83(93)94/h1-2,14,16,25-32,45,54,56-68,108,122-123H,3-13,15,17-24,33-44,46-47,88-91H2,(H2,92,124)(H,109,134)(H,110,125)(H,111,126)(H,112,127)(H,113,131)(H,114,132)(H,115,128)(H,116,135)(H,117,129)(H,118,136)(H,119,130)(H,120,133)(H4,93,94,103)(H4,95,96,104)(H4,97,98,105)(H4,99,100,106)(H4,101,102,107)/t54-,56-,57-,58-,59-,60-,61-,62+,63-,64-,65-,66-,67-,68-/m0/s1. The van der Waals surface area contributed by atoms with Crippen LogP contribution in [-0.2, 0) is 86.4 Å². The fraction of sp³-hybridized carbons (Fsp3) is 0.552. The van der Waals surface area contributed by atoms with E-state index in [4.69, 9.17) is 84.4 Å². The Morgan fingerprint density at radius 2 is 0.842 bits per heavy atom. The number of nitrogens with two attached hydrogens (primary N) is 10. The summed E-state index contributed by atoms with van der Waals surface area (Å²) in [6.07, 6.45) is 1.12. The fourth-order valence-corrected chi connectivity index (χ4v) is 17.6. The highest BCUT2D eigenvalue weighted by Gasteiger charge is 2.42. The zero-order chi connectivity index (χ0) is 102. The highest BCUT2D eigenvalue weighted by atomic mass is 33.1. The topological polar surface area (TPSA) is 882 Å². The van der Waals surface area contributed by atoms with Crippen molar-refractivity contribution in [2.45, 2.75) is 232 Å². The van der Waals surface area contributed by atoms with Crippen molar-refractivity contribution in [1.29, 1.82) is 27.0 Å². The number of rotatable bonds is 46. The van der Waals surface area contributed by atoms with Gasteiger partial charge in [0.1, 0.15) is 90.0 Å². The lowest BCUT2D eigenvalue weighted by molar-refractivity contribution is -0.142. The van der Waals surface area contributed by atoms with E-state index in [1.165, 1.54) is 53.4 Å². The summed E-state index contributed by atoms with van der Waals surface area (Å²) in [5.74, 6) is -17.0. The molecule has 2 fully saturated rings. The van der Waals surface area contributed by atoms with Crippen molar-refractivity contribution in [2.24, 2.45) is 57.3 Å². The molecule has 52 heteroatoms. The molecule has 0 unspecified atom stereocenters. The summed E-state index contributed by atoms with van der Waals surface area (Å²) in [5.41, 5.74) is 60.0. The van der Waals surface area contributed by atoms with Crippen molar-refractivity contribution in [1.82, 2.24) is 100 Å². The first-order valence-electron chi connectivity index (χ1n) is 46.2. The third kappa shape index (κ3) is 41.2. The first-order valence-corrected chi connectivity index (χ1v) is 48.7. The van der Waals surface area contributed by atoms with Gasteiger partial charge < -0.3 is 168 Å². The van der Waals surface area contributed by atoms with Gasteiger partial charge in [-0.15, -0.1) is 0 Å². The normalized spacial score (nSPS) is 20.5. The van der Waals surface area contributed by atoms with Crippen LogP contribution < -0.4 is 148 Å². The first kappa shape index (κ1) is 114. The van der Waals surface area contributed by atoms with Crippen LogP contribution in [0.15, 0.2) is 79.0 Å². The molecule has 0 radical (unpaired) electrons. The van der Waals surface area contributed by atoms with Crippen LogP contribution in [0, 0.1) is 27.0 Å². The number of phenols is 2. The summed E-state index contributed by atoms with van der Waals surface area (Å²) < 4.78 is 0. The van der Waals surface area contributed by atoms with E-state index in [0.717, 1.165) is 21.6 Å². The van der Waals surface area contributed by atoms with Gasteiger partial charge in [0.15, 0.2) is 29.8 Å². The summed E-state index contributed by atoms with van der Waals surface area (Å²) in [7, 11) is 1.59. The van der Waals surface area contributed by atoms with E-state index < -0.39 is 209 Å². The number of nitrogens with one attached hydrogen (secondary N) is 23. The van der Waals surface area contributed by atoms with E-state index in [9.17, 15) is 19.8 Å². The molecule has 766 valence electrons. The Balaban J connectivity index is 1.59. The number of phenolic OH excluding ortho intramolecular Hbond substituents is 2. The van der Waals surface area contributed by atoms with Gasteiger partial charge in [-0.05, 0) is 195 Å². The second-order valence-corrected chi connectivity index (χ2v) is 36.3. The van der Waals surface area contributed by atoms with Gasteiger partial charge in [0, 0.05) is 87.1 Å². The zero-order valence-electron chi connectivity index (χ0n) is 77.8. The number of para-hydroxylation sites is 1. The van der Waals surface area contributed by atoms with Gasteiger partial charge in [-0.3, -0.25) is 94.2 Å². The number of fused-ring (bicyclic) bond motifs is 2. The minimum atomic E-state index is -1.86. The number of unbranched alkanes of at least 4 members (excludes halogenated alkanes) is 2. The molecule has 0 bridgehead atoms. The minimum Gasteiger partial charge on any atom is -0.508 e. The molecule has 139 heavy (non-hydrogen) atoms. The highest BCUT2D eigenvalue weighted by Crippen LogP contribution is 2.27. The van der Waals surface area contributed by atoms with E-state index in [1.54, 1.807) is 30.5 Å². The molecule has 14 atom stereocenters.